The van der Waals surface area contributed by atoms with Crippen LogP contribution in [0.1, 0.15) is 20.3 Å². The van der Waals surface area contributed by atoms with Crippen LogP contribution in [-0.4, -0.2) is 49.2 Å². The molecule has 1 N–H and O–H groups in total. The molecule has 0 aromatic heterocycles. The van der Waals surface area contributed by atoms with Gasteiger partial charge < -0.3 is 24.1 Å². The van der Waals surface area contributed by atoms with Crippen molar-refractivity contribution in [2.24, 2.45) is 0 Å². The van der Waals surface area contributed by atoms with Crippen molar-refractivity contribution in [3.63, 3.8) is 0 Å². The molecular formula is C10H18O5. The lowest BCUT2D eigenvalue weighted by Crippen LogP contribution is -2.33. The molecule has 0 amide bonds. The third kappa shape index (κ3) is 2.89. The third-order valence-corrected chi connectivity index (χ3v) is 2.58. The zero-order chi connectivity index (χ0) is 10.9. The second-order valence-corrected chi connectivity index (χ2v) is 4.34. The Hall–Kier alpha value is -0.200. The fourth-order valence-corrected chi connectivity index (χ4v) is 1.80. The maximum atomic E-state index is 9.88. The Bertz CT molecular complexity index is 212. The number of aliphatic hydroxyl groups excluding tert-OH is 1. The second kappa shape index (κ2) is 4.35. The van der Waals surface area contributed by atoms with Crippen LogP contribution in [0.4, 0.5) is 0 Å². The van der Waals surface area contributed by atoms with Crippen LogP contribution in [0.2, 0.25) is 0 Å². The van der Waals surface area contributed by atoms with Crippen molar-refractivity contribution in [3.8, 4) is 0 Å². The van der Waals surface area contributed by atoms with Crippen molar-refractivity contribution in [1.82, 2.24) is 0 Å². The number of aliphatic hydroxyl groups is 1. The van der Waals surface area contributed by atoms with Crippen molar-refractivity contribution in [1.29, 1.82) is 0 Å². The van der Waals surface area contributed by atoms with Crippen molar-refractivity contribution >= 4 is 0 Å². The van der Waals surface area contributed by atoms with E-state index in [1.807, 2.05) is 13.8 Å². The Balaban J connectivity index is 1.78. The molecule has 0 saturated carbocycles. The molecule has 0 spiro atoms. The van der Waals surface area contributed by atoms with E-state index < -0.39 is 11.9 Å². The zero-order valence-corrected chi connectivity index (χ0v) is 9.14. The molecule has 2 atom stereocenters. The fourth-order valence-electron chi connectivity index (χ4n) is 1.80. The van der Waals surface area contributed by atoms with E-state index in [4.69, 9.17) is 18.9 Å². The average Bonchev–Trinajstić information content (AvgIpc) is 2.74. The Morgan fingerprint density at radius 3 is 2.53 bits per heavy atom. The van der Waals surface area contributed by atoms with Crippen molar-refractivity contribution in [2.45, 2.75) is 44.6 Å². The zero-order valence-electron chi connectivity index (χ0n) is 9.14. The van der Waals surface area contributed by atoms with Gasteiger partial charge in [-0.1, -0.05) is 0 Å². The lowest BCUT2D eigenvalue weighted by molar-refractivity contribution is -0.159. The molecular weight excluding hydrogens is 200 g/mol. The van der Waals surface area contributed by atoms with E-state index in [1.54, 1.807) is 0 Å². The van der Waals surface area contributed by atoms with E-state index in [9.17, 15) is 5.11 Å². The summed E-state index contributed by atoms with van der Waals surface area (Å²) >= 11 is 0. The van der Waals surface area contributed by atoms with Gasteiger partial charge in [0.1, 0.15) is 6.10 Å². The Kier molecular flexibility index (Phi) is 3.27. The lowest BCUT2D eigenvalue weighted by atomic mass is 10.1. The predicted octanol–water partition coefficient (Wildman–Crippen LogP) is 0.262. The summed E-state index contributed by atoms with van der Waals surface area (Å²) in [6, 6.07) is 0. The van der Waals surface area contributed by atoms with Gasteiger partial charge in [0.05, 0.1) is 25.9 Å². The Morgan fingerprint density at radius 1 is 1.33 bits per heavy atom. The summed E-state index contributed by atoms with van der Waals surface area (Å²) in [5.74, 6) is -0.594. The first-order valence-corrected chi connectivity index (χ1v) is 5.30. The molecule has 2 saturated heterocycles. The minimum Gasteiger partial charge on any atom is -0.390 e. The SMILES string of the molecule is CC1(C)OCC([C@H](O)CC2OCCO2)O1. The van der Waals surface area contributed by atoms with E-state index in [-0.39, 0.29) is 12.4 Å². The first kappa shape index (κ1) is 11.3. The fraction of sp³-hybridized carbons (Fsp3) is 1.00. The number of hydrogen-bond donors (Lipinski definition) is 1. The summed E-state index contributed by atoms with van der Waals surface area (Å²) in [5, 5.41) is 9.88. The van der Waals surface area contributed by atoms with E-state index >= 15 is 0 Å². The monoisotopic (exact) mass is 218 g/mol. The van der Waals surface area contributed by atoms with Gasteiger partial charge in [0, 0.05) is 6.42 Å². The lowest BCUT2D eigenvalue weighted by Gasteiger charge is -2.21. The highest BCUT2D eigenvalue weighted by atomic mass is 16.7. The Labute approximate surface area is 89.3 Å². The first-order valence-electron chi connectivity index (χ1n) is 5.30. The van der Waals surface area contributed by atoms with Gasteiger partial charge in [0.15, 0.2) is 12.1 Å². The molecule has 0 aliphatic carbocycles. The molecule has 0 radical (unpaired) electrons. The van der Waals surface area contributed by atoms with Gasteiger partial charge in [-0.3, -0.25) is 0 Å². The Morgan fingerprint density at radius 2 is 2.00 bits per heavy atom. The molecule has 0 aromatic carbocycles. The summed E-state index contributed by atoms with van der Waals surface area (Å²) < 4.78 is 21.4. The van der Waals surface area contributed by atoms with Crippen LogP contribution in [0.5, 0.6) is 0 Å². The number of rotatable bonds is 3. The number of hydrogen-bond acceptors (Lipinski definition) is 5. The molecule has 15 heavy (non-hydrogen) atoms. The van der Waals surface area contributed by atoms with Crippen LogP contribution in [0.25, 0.3) is 0 Å². The van der Waals surface area contributed by atoms with Crippen LogP contribution >= 0.6 is 0 Å². The van der Waals surface area contributed by atoms with E-state index in [0.717, 1.165) is 0 Å². The van der Waals surface area contributed by atoms with Crippen LogP contribution in [0.15, 0.2) is 0 Å². The van der Waals surface area contributed by atoms with Crippen LogP contribution in [-0.2, 0) is 18.9 Å². The van der Waals surface area contributed by atoms with Crippen LogP contribution < -0.4 is 0 Å². The molecule has 2 aliphatic heterocycles. The smallest absolute Gasteiger partial charge is 0.163 e. The first-order chi connectivity index (χ1) is 7.07. The summed E-state index contributed by atoms with van der Waals surface area (Å²) in [6.45, 7) is 5.29. The van der Waals surface area contributed by atoms with Crippen molar-refractivity contribution in [2.75, 3.05) is 19.8 Å². The molecule has 2 aliphatic rings. The van der Waals surface area contributed by atoms with E-state index in [2.05, 4.69) is 0 Å². The van der Waals surface area contributed by atoms with Gasteiger partial charge in [0.25, 0.3) is 0 Å². The maximum Gasteiger partial charge on any atom is 0.163 e. The summed E-state index contributed by atoms with van der Waals surface area (Å²) in [5.41, 5.74) is 0. The largest absolute Gasteiger partial charge is 0.390 e. The number of ether oxygens (including phenoxy) is 4. The predicted molar refractivity (Wildman–Crippen MR) is 51.2 cm³/mol. The van der Waals surface area contributed by atoms with Gasteiger partial charge >= 0.3 is 0 Å². The summed E-state index contributed by atoms with van der Waals surface area (Å²) in [6.07, 6.45) is -0.751. The van der Waals surface area contributed by atoms with Gasteiger partial charge in [0.2, 0.25) is 0 Å². The van der Waals surface area contributed by atoms with Crippen LogP contribution in [0.3, 0.4) is 0 Å². The van der Waals surface area contributed by atoms with Crippen molar-refractivity contribution in [3.05, 3.63) is 0 Å². The topological polar surface area (TPSA) is 57.2 Å². The summed E-state index contributed by atoms with van der Waals surface area (Å²) in [7, 11) is 0. The summed E-state index contributed by atoms with van der Waals surface area (Å²) in [4.78, 5) is 0. The second-order valence-electron chi connectivity index (χ2n) is 4.34. The molecule has 5 nitrogen and oxygen atoms in total. The molecule has 88 valence electrons. The minimum atomic E-state index is -0.602. The van der Waals surface area contributed by atoms with Gasteiger partial charge in [-0.15, -0.1) is 0 Å². The maximum absolute atomic E-state index is 9.88. The minimum absolute atomic E-state index is 0.284. The highest BCUT2D eigenvalue weighted by molar-refractivity contribution is 4.78. The van der Waals surface area contributed by atoms with Crippen molar-refractivity contribution < 1.29 is 24.1 Å². The normalized spacial score (nSPS) is 33.4. The van der Waals surface area contributed by atoms with Gasteiger partial charge in [-0.05, 0) is 13.8 Å². The van der Waals surface area contributed by atoms with Crippen LogP contribution in [0, 0.1) is 0 Å². The molecule has 2 rings (SSSR count). The third-order valence-electron chi connectivity index (χ3n) is 2.58. The average molecular weight is 218 g/mol. The van der Waals surface area contributed by atoms with E-state index in [0.29, 0.717) is 26.2 Å². The molecule has 2 heterocycles. The molecule has 2 fully saturated rings. The molecule has 0 aromatic rings. The van der Waals surface area contributed by atoms with E-state index in [1.165, 1.54) is 0 Å². The standard InChI is InChI=1S/C10H18O5/c1-10(2)14-6-8(15-10)7(11)5-9-12-3-4-13-9/h7-9,11H,3-6H2,1-2H3/t7-,8?/m1/s1. The molecule has 0 bridgehead atoms. The van der Waals surface area contributed by atoms with Gasteiger partial charge in [-0.25, -0.2) is 0 Å². The molecule has 5 heteroatoms. The molecule has 1 unspecified atom stereocenters. The highest BCUT2D eigenvalue weighted by Gasteiger charge is 2.38. The quantitative estimate of drug-likeness (QED) is 0.736. The van der Waals surface area contributed by atoms with Gasteiger partial charge in [-0.2, -0.15) is 0 Å². The highest BCUT2D eigenvalue weighted by Crippen LogP contribution is 2.26.